The first kappa shape index (κ1) is 15.9. The third kappa shape index (κ3) is 3.77. The Morgan fingerprint density at radius 3 is 2.14 bits per heavy atom. The molecule has 0 amide bonds. The molecular weight excluding hydrogens is 356 g/mol. The molecule has 0 atom stereocenters. The average molecular weight is 371 g/mol. The zero-order chi connectivity index (χ0) is 15.5. The Hall–Kier alpha value is -1.53. The van der Waals surface area contributed by atoms with E-state index in [0.717, 1.165) is 4.47 Å². The predicted molar refractivity (Wildman–Crippen MR) is 84.6 cm³/mol. The van der Waals surface area contributed by atoms with E-state index in [9.17, 15) is 8.42 Å². The van der Waals surface area contributed by atoms with Crippen LogP contribution in [0.2, 0.25) is 0 Å². The molecule has 21 heavy (non-hydrogen) atoms. The number of hydrogen-bond acceptors (Lipinski definition) is 4. The first-order chi connectivity index (χ1) is 9.96. The van der Waals surface area contributed by atoms with Crippen molar-refractivity contribution in [2.45, 2.75) is 10.6 Å². The number of ether oxygens (including phenoxy) is 2. The van der Waals surface area contributed by atoms with Gasteiger partial charge < -0.3 is 9.47 Å². The van der Waals surface area contributed by atoms with Gasteiger partial charge in [0.1, 0.15) is 0 Å². The molecule has 112 valence electrons. The maximum absolute atomic E-state index is 12.4. The van der Waals surface area contributed by atoms with Crippen LogP contribution in [0, 0.1) is 0 Å². The molecule has 4 nitrogen and oxygen atoms in total. The highest BCUT2D eigenvalue weighted by atomic mass is 79.9. The highest BCUT2D eigenvalue weighted by Crippen LogP contribution is 2.29. The predicted octanol–water partition coefficient (Wildman–Crippen LogP) is 3.44. The smallest absolute Gasteiger partial charge is 0.182 e. The fourth-order valence-electron chi connectivity index (χ4n) is 1.92. The fourth-order valence-corrected chi connectivity index (χ4v) is 3.52. The van der Waals surface area contributed by atoms with Gasteiger partial charge in [-0.3, -0.25) is 0 Å². The van der Waals surface area contributed by atoms with Crippen molar-refractivity contribution in [2.75, 3.05) is 14.2 Å². The Morgan fingerprint density at radius 2 is 1.57 bits per heavy atom. The minimum atomic E-state index is -3.39. The zero-order valence-corrected chi connectivity index (χ0v) is 14.1. The van der Waals surface area contributed by atoms with E-state index < -0.39 is 9.84 Å². The van der Waals surface area contributed by atoms with Crippen molar-refractivity contribution in [2.24, 2.45) is 0 Å². The van der Waals surface area contributed by atoms with Gasteiger partial charge in [-0.2, -0.15) is 0 Å². The summed E-state index contributed by atoms with van der Waals surface area (Å²) in [6, 6.07) is 11.7. The number of rotatable bonds is 5. The first-order valence-electron chi connectivity index (χ1n) is 6.15. The van der Waals surface area contributed by atoms with Gasteiger partial charge in [0.2, 0.25) is 0 Å². The Kier molecular flexibility index (Phi) is 4.90. The molecule has 2 rings (SSSR count). The van der Waals surface area contributed by atoms with Crippen molar-refractivity contribution >= 4 is 25.8 Å². The van der Waals surface area contributed by atoms with Crippen molar-refractivity contribution in [3.63, 3.8) is 0 Å². The van der Waals surface area contributed by atoms with E-state index in [0.29, 0.717) is 22.0 Å². The topological polar surface area (TPSA) is 52.6 Å². The molecule has 0 saturated heterocycles. The number of sulfone groups is 1. The van der Waals surface area contributed by atoms with Crippen LogP contribution < -0.4 is 9.47 Å². The summed E-state index contributed by atoms with van der Waals surface area (Å²) in [5, 5.41) is 0. The van der Waals surface area contributed by atoms with Crippen molar-refractivity contribution < 1.29 is 17.9 Å². The number of methoxy groups -OCH3 is 2. The molecule has 6 heteroatoms. The molecule has 2 aromatic carbocycles. The lowest BCUT2D eigenvalue weighted by Crippen LogP contribution is -2.05. The van der Waals surface area contributed by atoms with Gasteiger partial charge in [-0.15, -0.1) is 0 Å². The summed E-state index contributed by atoms with van der Waals surface area (Å²) < 4.78 is 35.9. The number of hydrogen-bond donors (Lipinski definition) is 0. The molecule has 0 unspecified atom stereocenters. The van der Waals surface area contributed by atoms with Crippen LogP contribution in [0.3, 0.4) is 0 Å². The van der Waals surface area contributed by atoms with E-state index in [-0.39, 0.29) is 5.75 Å². The van der Waals surface area contributed by atoms with Gasteiger partial charge in [0.15, 0.2) is 21.3 Å². The maximum Gasteiger partial charge on any atom is 0.182 e. The summed E-state index contributed by atoms with van der Waals surface area (Å²) >= 11 is 3.29. The zero-order valence-electron chi connectivity index (χ0n) is 11.7. The lowest BCUT2D eigenvalue weighted by Gasteiger charge is -2.10. The molecule has 0 aromatic heterocycles. The first-order valence-corrected chi connectivity index (χ1v) is 8.60. The molecule has 0 bridgehead atoms. The van der Waals surface area contributed by atoms with E-state index in [1.54, 1.807) is 42.5 Å². The van der Waals surface area contributed by atoms with Crippen molar-refractivity contribution in [1.29, 1.82) is 0 Å². The molecule has 0 N–H and O–H groups in total. The second-order valence-corrected chi connectivity index (χ2v) is 7.31. The lowest BCUT2D eigenvalue weighted by molar-refractivity contribution is 0.354. The molecule has 0 saturated carbocycles. The summed E-state index contributed by atoms with van der Waals surface area (Å²) in [6.45, 7) is 0. The second kappa shape index (κ2) is 6.49. The van der Waals surface area contributed by atoms with Gasteiger partial charge in [0.25, 0.3) is 0 Å². The Bertz CT molecular complexity index is 724. The van der Waals surface area contributed by atoms with E-state index in [1.165, 1.54) is 14.2 Å². The minimum Gasteiger partial charge on any atom is -0.493 e. The van der Waals surface area contributed by atoms with Crippen LogP contribution in [-0.2, 0) is 15.6 Å². The highest BCUT2D eigenvalue weighted by molar-refractivity contribution is 9.10. The molecule has 0 aliphatic heterocycles. The third-order valence-electron chi connectivity index (χ3n) is 2.98. The molecule has 0 heterocycles. The Balaban J connectivity index is 2.30. The Labute approximate surface area is 132 Å². The van der Waals surface area contributed by atoms with Crippen LogP contribution in [0.5, 0.6) is 11.5 Å². The Morgan fingerprint density at radius 1 is 0.952 bits per heavy atom. The van der Waals surface area contributed by atoms with Gasteiger partial charge in [-0.05, 0) is 42.0 Å². The van der Waals surface area contributed by atoms with Gasteiger partial charge in [-0.25, -0.2) is 8.42 Å². The third-order valence-corrected chi connectivity index (χ3v) is 5.21. The van der Waals surface area contributed by atoms with Gasteiger partial charge in [-0.1, -0.05) is 22.0 Å². The number of halogens is 1. The minimum absolute atomic E-state index is 0.0883. The van der Waals surface area contributed by atoms with Crippen LogP contribution in [0.1, 0.15) is 5.56 Å². The van der Waals surface area contributed by atoms with E-state index >= 15 is 0 Å². The monoisotopic (exact) mass is 370 g/mol. The average Bonchev–Trinajstić information content (AvgIpc) is 2.47. The molecule has 0 fully saturated rings. The lowest BCUT2D eigenvalue weighted by atomic mass is 10.2. The fraction of sp³-hybridized carbons (Fsp3) is 0.200. The normalized spacial score (nSPS) is 11.2. The SMILES string of the molecule is COc1ccc(CS(=O)(=O)c2ccc(Br)cc2)cc1OC. The van der Waals surface area contributed by atoms with E-state index in [1.807, 2.05) is 0 Å². The summed E-state index contributed by atoms with van der Waals surface area (Å²) in [4.78, 5) is 0.292. The largest absolute Gasteiger partial charge is 0.493 e. The molecule has 2 aromatic rings. The summed E-state index contributed by atoms with van der Waals surface area (Å²) in [6.07, 6.45) is 0. The van der Waals surface area contributed by atoms with Gasteiger partial charge >= 0.3 is 0 Å². The van der Waals surface area contributed by atoms with Crippen LogP contribution in [-0.4, -0.2) is 22.6 Å². The quantitative estimate of drug-likeness (QED) is 0.808. The highest BCUT2D eigenvalue weighted by Gasteiger charge is 2.16. The van der Waals surface area contributed by atoms with Crippen LogP contribution in [0.15, 0.2) is 51.8 Å². The molecule has 0 aliphatic rings. The van der Waals surface area contributed by atoms with Crippen molar-refractivity contribution in [1.82, 2.24) is 0 Å². The van der Waals surface area contributed by atoms with Gasteiger partial charge in [0, 0.05) is 4.47 Å². The summed E-state index contributed by atoms with van der Waals surface area (Å²) in [7, 11) is -0.335. The van der Waals surface area contributed by atoms with Crippen molar-refractivity contribution in [3.05, 3.63) is 52.5 Å². The standard InChI is InChI=1S/C15H15BrO4S/c1-19-14-8-3-11(9-15(14)20-2)10-21(17,18)13-6-4-12(16)5-7-13/h3-9H,10H2,1-2H3. The summed E-state index contributed by atoms with van der Waals surface area (Å²) in [5.41, 5.74) is 0.649. The van der Waals surface area contributed by atoms with Gasteiger partial charge in [0.05, 0.1) is 24.9 Å². The van der Waals surface area contributed by atoms with Crippen molar-refractivity contribution in [3.8, 4) is 11.5 Å². The van der Waals surface area contributed by atoms with E-state index in [2.05, 4.69) is 15.9 Å². The van der Waals surface area contributed by atoms with Crippen LogP contribution in [0.4, 0.5) is 0 Å². The molecule has 0 spiro atoms. The molecule has 0 radical (unpaired) electrons. The second-order valence-electron chi connectivity index (χ2n) is 4.40. The van der Waals surface area contributed by atoms with Crippen LogP contribution >= 0.6 is 15.9 Å². The molecular formula is C15H15BrO4S. The maximum atomic E-state index is 12.4. The summed E-state index contributed by atoms with van der Waals surface area (Å²) in [5.74, 6) is 0.998. The van der Waals surface area contributed by atoms with E-state index in [4.69, 9.17) is 9.47 Å². The van der Waals surface area contributed by atoms with Crippen LogP contribution in [0.25, 0.3) is 0 Å². The number of benzene rings is 2. The molecule has 0 aliphatic carbocycles.